The normalized spacial score (nSPS) is 21.2. The van der Waals surface area contributed by atoms with Crippen LogP contribution in [0, 0.1) is 0 Å². The second-order valence-electron chi connectivity index (χ2n) is 8.44. The molecule has 0 bridgehead atoms. The predicted octanol–water partition coefficient (Wildman–Crippen LogP) is 1.69. The number of benzene rings is 2. The highest BCUT2D eigenvalue weighted by Gasteiger charge is 2.45. The molecule has 2 saturated heterocycles. The van der Waals surface area contributed by atoms with Gasteiger partial charge in [-0.3, -0.25) is 14.8 Å². The number of imide groups is 1. The molecular weight excluding hydrogens is 458 g/mol. The van der Waals surface area contributed by atoms with Gasteiger partial charge in [0.2, 0.25) is 0 Å². The highest BCUT2D eigenvalue weighted by molar-refractivity contribution is 7.92. The number of piperazine rings is 1. The second kappa shape index (κ2) is 9.15. The van der Waals surface area contributed by atoms with Gasteiger partial charge in [-0.25, -0.2) is 13.2 Å². The summed E-state index contributed by atoms with van der Waals surface area (Å²) in [5, 5.41) is 4.74. The average Bonchev–Trinajstić information content (AvgIpc) is 3.10. The van der Waals surface area contributed by atoms with Crippen LogP contribution in [0.4, 0.5) is 16.2 Å². The van der Waals surface area contributed by atoms with Crippen molar-refractivity contribution in [2.24, 2.45) is 0 Å². The maximum absolute atomic E-state index is 13.4. The van der Waals surface area contributed by atoms with E-state index in [-0.39, 0.29) is 16.2 Å². The third kappa shape index (κ3) is 4.40. The molecule has 10 nitrogen and oxygen atoms in total. The van der Waals surface area contributed by atoms with Crippen LogP contribution in [-0.2, 0) is 20.4 Å². The molecule has 182 valence electrons. The number of hydrogen-bond donors (Lipinski definition) is 3. The molecule has 4 rings (SSSR count). The summed E-state index contributed by atoms with van der Waals surface area (Å²) in [6.07, 6.45) is 0. The van der Waals surface area contributed by atoms with Gasteiger partial charge < -0.3 is 19.9 Å². The SMILES string of the molecule is CCN1CCN(c2ccccc2NS(=O)(=O)c2ccc(OC)c([C@]3(C)NC(=O)NC3=O)c2)CC1. The van der Waals surface area contributed by atoms with Crippen LogP contribution in [0.5, 0.6) is 5.75 Å². The number of rotatable bonds is 7. The molecular formula is C23H29N5O5S. The standard InChI is InChI=1S/C23H29N5O5S/c1-4-27-11-13-28(14-12-27)19-8-6-5-7-18(19)26-34(31,32)16-9-10-20(33-3)17(15-16)23(2)21(29)24-22(30)25-23/h5-10,15,26H,4,11-14H2,1-3H3,(H2,24,25,29,30)/t23-/m0/s1. The first-order valence-corrected chi connectivity index (χ1v) is 12.6. The Morgan fingerprint density at radius 1 is 1.09 bits per heavy atom. The van der Waals surface area contributed by atoms with Gasteiger partial charge in [0, 0.05) is 31.7 Å². The van der Waals surface area contributed by atoms with E-state index in [0.29, 0.717) is 5.69 Å². The Morgan fingerprint density at radius 3 is 2.41 bits per heavy atom. The number of ether oxygens (including phenoxy) is 1. The van der Waals surface area contributed by atoms with E-state index in [1.807, 2.05) is 12.1 Å². The van der Waals surface area contributed by atoms with Crippen molar-refractivity contribution in [3.05, 3.63) is 48.0 Å². The molecule has 0 unspecified atom stereocenters. The van der Waals surface area contributed by atoms with Gasteiger partial charge in [0.05, 0.1) is 23.4 Å². The number of carbonyl (C=O) groups is 2. The molecule has 2 aliphatic rings. The molecule has 0 saturated carbocycles. The topological polar surface area (TPSA) is 120 Å². The first-order valence-electron chi connectivity index (χ1n) is 11.1. The Labute approximate surface area is 199 Å². The van der Waals surface area contributed by atoms with Gasteiger partial charge in [-0.15, -0.1) is 0 Å². The molecule has 11 heteroatoms. The summed E-state index contributed by atoms with van der Waals surface area (Å²) < 4.78 is 34.8. The molecule has 3 N–H and O–H groups in total. The molecule has 2 heterocycles. The Hall–Kier alpha value is -3.31. The molecule has 2 aliphatic heterocycles. The van der Waals surface area contributed by atoms with E-state index in [4.69, 9.17) is 4.74 Å². The summed E-state index contributed by atoms with van der Waals surface area (Å²) >= 11 is 0. The first-order chi connectivity index (χ1) is 16.2. The monoisotopic (exact) mass is 487 g/mol. The predicted molar refractivity (Wildman–Crippen MR) is 129 cm³/mol. The molecule has 0 aromatic heterocycles. The van der Waals surface area contributed by atoms with Gasteiger partial charge in [0.15, 0.2) is 0 Å². The van der Waals surface area contributed by atoms with Crippen LogP contribution in [0.1, 0.15) is 19.4 Å². The fourth-order valence-electron chi connectivity index (χ4n) is 4.32. The number of likely N-dealkylation sites (N-methyl/N-ethyl adjacent to an activating group) is 1. The lowest BCUT2D eigenvalue weighted by molar-refractivity contribution is -0.123. The number of amides is 3. The summed E-state index contributed by atoms with van der Waals surface area (Å²) in [5.74, 6) is -0.303. The van der Waals surface area contributed by atoms with Crippen molar-refractivity contribution in [3.8, 4) is 5.75 Å². The number of carbonyl (C=O) groups excluding carboxylic acids is 2. The number of nitrogens with one attached hydrogen (secondary N) is 3. The maximum atomic E-state index is 13.4. The lowest BCUT2D eigenvalue weighted by Crippen LogP contribution is -2.46. The van der Waals surface area contributed by atoms with E-state index in [1.165, 1.54) is 32.2 Å². The number of methoxy groups -OCH3 is 1. The van der Waals surface area contributed by atoms with Crippen LogP contribution in [0.25, 0.3) is 0 Å². The number of nitrogens with zero attached hydrogens (tertiary/aromatic N) is 2. The molecule has 0 radical (unpaired) electrons. The third-order valence-electron chi connectivity index (χ3n) is 6.37. The lowest BCUT2D eigenvalue weighted by Gasteiger charge is -2.36. The van der Waals surface area contributed by atoms with Crippen molar-refractivity contribution in [3.63, 3.8) is 0 Å². The number of para-hydroxylation sites is 2. The molecule has 34 heavy (non-hydrogen) atoms. The number of anilines is 2. The van der Waals surface area contributed by atoms with E-state index >= 15 is 0 Å². The second-order valence-corrected chi connectivity index (χ2v) is 10.1. The van der Waals surface area contributed by atoms with Crippen molar-refractivity contribution < 1.29 is 22.7 Å². The molecule has 2 aromatic rings. The third-order valence-corrected chi connectivity index (χ3v) is 7.74. The van der Waals surface area contributed by atoms with Crippen LogP contribution in [0.15, 0.2) is 47.4 Å². The van der Waals surface area contributed by atoms with Gasteiger partial charge in [-0.2, -0.15) is 0 Å². The smallest absolute Gasteiger partial charge is 0.322 e. The zero-order valence-corrected chi connectivity index (χ0v) is 20.2. The fraction of sp³-hybridized carbons (Fsp3) is 0.391. The van der Waals surface area contributed by atoms with Gasteiger partial charge in [-0.05, 0) is 43.8 Å². The zero-order valence-electron chi connectivity index (χ0n) is 19.4. The van der Waals surface area contributed by atoms with Crippen molar-refractivity contribution in [1.82, 2.24) is 15.5 Å². The molecule has 1 atom stereocenters. The van der Waals surface area contributed by atoms with Crippen molar-refractivity contribution >= 4 is 33.3 Å². The zero-order chi connectivity index (χ0) is 24.5. The number of urea groups is 1. The Kier molecular flexibility index (Phi) is 6.41. The highest BCUT2D eigenvalue weighted by Crippen LogP contribution is 2.35. The lowest BCUT2D eigenvalue weighted by atomic mass is 9.91. The summed E-state index contributed by atoms with van der Waals surface area (Å²) in [4.78, 5) is 28.7. The van der Waals surface area contributed by atoms with E-state index in [2.05, 4.69) is 32.1 Å². The number of sulfonamides is 1. The summed E-state index contributed by atoms with van der Waals surface area (Å²) in [6.45, 7) is 8.03. The molecule has 2 fully saturated rings. The van der Waals surface area contributed by atoms with E-state index in [9.17, 15) is 18.0 Å². The minimum Gasteiger partial charge on any atom is -0.496 e. The largest absolute Gasteiger partial charge is 0.496 e. The summed E-state index contributed by atoms with van der Waals surface area (Å²) in [7, 11) is -2.60. The van der Waals surface area contributed by atoms with Crippen molar-refractivity contribution in [2.45, 2.75) is 24.3 Å². The van der Waals surface area contributed by atoms with Crippen LogP contribution < -0.4 is 25.0 Å². The van der Waals surface area contributed by atoms with Gasteiger partial charge in [0.1, 0.15) is 11.3 Å². The summed E-state index contributed by atoms with van der Waals surface area (Å²) in [5.41, 5.74) is 0.0586. The van der Waals surface area contributed by atoms with E-state index in [0.717, 1.165) is 38.4 Å². The first kappa shape index (κ1) is 23.8. The molecule has 2 aromatic carbocycles. The number of hydrogen-bond acceptors (Lipinski definition) is 7. The Morgan fingerprint density at radius 2 is 1.79 bits per heavy atom. The van der Waals surface area contributed by atoms with Gasteiger partial charge in [0.25, 0.3) is 15.9 Å². The minimum atomic E-state index is -4.01. The van der Waals surface area contributed by atoms with E-state index in [1.54, 1.807) is 12.1 Å². The van der Waals surface area contributed by atoms with Crippen LogP contribution in [0.3, 0.4) is 0 Å². The van der Waals surface area contributed by atoms with Crippen LogP contribution >= 0.6 is 0 Å². The maximum Gasteiger partial charge on any atom is 0.322 e. The van der Waals surface area contributed by atoms with Crippen molar-refractivity contribution in [1.29, 1.82) is 0 Å². The Balaban J connectivity index is 1.66. The molecule has 3 amide bonds. The minimum absolute atomic E-state index is 0.0518. The van der Waals surface area contributed by atoms with Crippen molar-refractivity contribution in [2.75, 3.05) is 49.5 Å². The van der Waals surface area contributed by atoms with Crippen LogP contribution in [-0.4, -0.2) is 65.1 Å². The Bertz CT molecular complexity index is 1210. The van der Waals surface area contributed by atoms with E-state index < -0.39 is 27.5 Å². The van der Waals surface area contributed by atoms with Gasteiger partial charge >= 0.3 is 6.03 Å². The molecule has 0 spiro atoms. The molecule has 0 aliphatic carbocycles. The fourth-order valence-corrected chi connectivity index (χ4v) is 5.42. The quantitative estimate of drug-likeness (QED) is 0.509. The average molecular weight is 488 g/mol. The van der Waals surface area contributed by atoms with Gasteiger partial charge in [-0.1, -0.05) is 19.1 Å². The summed E-state index contributed by atoms with van der Waals surface area (Å²) in [6, 6.07) is 10.9. The van der Waals surface area contributed by atoms with Crippen LogP contribution in [0.2, 0.25) is 0 Å². The highest BCUT2D eigenvalue weighted by atomic mass is 32.2.